The van der Waals surface area contributed by atoms with E-state index >= 15 is 0 Å². The standard InChI is InChI=1S/C18H27N3O3S.ClH/c1-15-14-20(13-10-19-15)18(22)9-6-16-4-7-17(8-5-16)25(23,24)21-11-2-3-12-21;/h4-5,7-8,15,19H,2-3,6,9-14H2,1H3;1H. The van der Waals surface area contributed by atoms with Gasteiger partial charge in [-0.25, -0.2) is 8.42 Å². The zero-order chi connectivity index (χ0) is 17.9. The van der Waals surface area contributed by atoms with E-state index in [9.17, 15) is 13.2 Å². The van der Waals surface area contributed by atoms with Gasteiger partial charge >= 0.3 is 0 Å². The highest BCUT2D eigenvalue weighted by Gasteiger charge is 2.27. The third kappa shape index (κ3) is 4.97. The molecule has 1 atom stereocenters. The Morgan fingerprint density at radius 2 is 1.81 bits per heavy atom. The molecule has 1 unspecified atom stereocenters. The average molecular weight is 402 g/mol. The molecule has 1 aromatic carbocycles. The molecule has 2 heterocycles. The molecule has 2 aliphatic heterocycles. The molecule has 6 nitrogen and oxygen atoms in total. The number of nitrogens with zero attached hydrogens (tertiary/aromatic N) is 2. The van der Waals surface area contributed by atoms with Crippen molar-refractivity contribution in [2.45, 2.75) is 43.5 Å². The summed E-state index contributed by atoms with van der Waals surface area (Å²) in [6.45, 7) is 5.67. The van der Waals surface area contributed by atoms with Crippen LogP contribution in [0.15, 0.2) is 29.2 Å². The van der Waals surface area contributed by atoms with E-state index in [0.717, 1.165) is 38.0 Å². The van der Waals surface area contributed by atoms with E-state index < -0.39 is 10.0 Å². The summed E-state index contributed by atoms with van der Waals surface area (Å²) >= 11 is 0. The van der Waals surface area contributed by atoms with Crippen molar-refractivity contribution in [1.82, 2.24) is 14.5 Å². The molecule has 1 N–H and O–H groups in total. The summed E-state index contributed by atoms with van der Waals surface area (Å²) < 4.78 is 26.6. The lowest BCUT2D eigenvalue weighted by Crippen LogP contribution is -2.51. The quantitative estimate of drug-likeness (QED) is 0.814. The van der Waals surface area contributed by atoms with E-state index in [1.807, 2.05) is 17.0 Å². The lowest BCUT2D eigenvalue weighted by Gasteiger charge is -2.32. The van der Waals surface area contributed by atoms with Gasteiger partial charge in [0.05, 0.1) is 4.90 Å². The fourth-order valence-electron chi connectivity index (χ4n) is 3.47. The third-order valence-corrected chi connectivity index (χ3v) is 6.89. The van der Waals surface area contributed by atoms with E-state index in [0.29, 0.717) is 36.9 Å². The summed E-state index contributed by atoms with van der Waals surface area (Å²) in [6.07, 6.45) is 2.97. The van der Waals surface area contributed by atoms with Crippen LogP contribution < -0.4 is 5.32 Å². The number of nitrogens with one attached hydrogen (secondary N) is 1. The van der Waals surface area contributed by atoms with Gasteiger partial charge in [0.15, 0.2) is 0 Å². The van der Waals surface area contributed by atoms with E-state index in [-0.39, 0.29) is 18.3 Å². The molecule has 0 aromatic heterocycles. The van der Waals surface area contributed by atoms with Crippen LogP contribution in [0.1, 0.15) is 31.7 Å². The normalized spacial score (nSPS) is 21.4. The number of hydrogen-bond acceptors (Lipinski definition) is 4. The van der Waals surface area contributed by atoms with Crippen molar-refractivity contribution in [2.75, 3.05) is 32.7 Å². The minimum Gasteiger partial charge on any atom is -0.340 e. The van der Waals surface area contributed by atoms with Crippen molar-refractivity contribution in [1.29, 1.82) is 0 Å². The number of carbonyl (C=O) groups excluding carboxylic acids is 1. The highest BCUT2D eigenvalue weighted by Crippen LogP contribution is 2.21. The first-order valence-electron chi connectivity index (χ1n) is 9.07. The summed E-state index contributed by atoms with van der Waals surface area (Å²) in [5.41, 5.74) is 0.997. The zero-order valence-electron chi connectivity index (χ0n) is 15.2. The van der Waals surface area contributed by atoms with Crippen molar-refractivity contribution >= 4 is 28.3 Å². The van der Waals surface area contributed by atoms with Crippen LogP contribution in [0.4, 0.5) is 0 Å². The van der Waals surface area contributed by atoms with Crippen LogP contribution in [0.2, 0.25) is 0 Å². The van der Waals surface area contributed by atoms with Gasteiger partial charge in [0.2, 0.25) is 15.9 Å². The van der Waals surface area contributed by atoms with Gasteiger partial charge in [-0.2, -0.15) is 4.31 Å². The van der Waals surface area contributed by atoms with Crippen LogP contribution in [-0.2, 0) is 21.2 Å². The second-order valence-electron chi connectivity index (χ2n) is 6.95. The molecule has 0 saturated carbocycles. The number of piperazine rings is 1. The SMILES string of the molecule is CC1CN(C(=O)CCc2ccc(S(=O)(=O)N3CCCC3)cc2)CCN1.Cl. The maximum absolute atomic E-state index is 12.5. The molecule has 8 heteroatoms. The van der Waals surface area contributed by atoms with Gasteiger partial charge in [0.25, 0.3) is 0 Å². The first kappa shape index (κ1) is 21.2. The average Bonchev–Trinajstić information content (AvgIpc) is 3.15. The number of halogens is 1. The van der Waals surface area contributed by atoms with Crippen molar-refractivity contribution < 1.29 is 13.2 Å². The molecule has 1 aromatic rings. The maximum atomic E-state index is 12.5. The number of hydrogen-bond donors (Lipinski definition) is 1. The second-order valence-corrected chi connectivity index (χ2v) is 8.89. The highest BCUT2D eigenvalue weighted by atomic mass is 35.5. The number of rotatable bonds is 5. The number of amides is 1. The van der Waals surface area contributed by atoms with Crippen LogP contribution in [0, 0.1) is 0 Å². The van der Waals surface area contributed by atoms with Crippen LogP contribution >= 0.6 is 12.4 Å². The minimum absolute atomic E-state index is 0. The summed E-state index contributed by atoms with van der Waals surface area (Å²) in [7, 11) is -3.36. The van der Waals surface area contributed by atoms with Crippen molar-refractivity contribution in [2.24, 2.45) is 0 Å². The van der Waals surface area contributed by atoms with Crippen LogP contribution in [-0.4, -0.2) is 62.3 Å². The van der Waals surface area contributed by atoms with Gasteiger partial charge in [-0.05, 0) is 43.9 Å². The van der Waals surface area contributed by atoms with Gasteiger partial charge < -0.3 is 10.2 Å². The third-order valence-electron chi connectivity index (χ3n) is 4.98. The van der Waals surface area contributed by atoms with E-state index in [1.54, 1.807) is 16.4 Å². The van der Waals surface area contributed by atoms with Crippen molar-refractivity contribution in [3.8, 4) is 0 Å². The fourth-order valence-corrected chi connectivity index (χ4v) is 4.99. The van der Waals surface area contributed by atoms with Crippen LogP contribution in [0.5, 0.6) is 0 Å². The summed E-state index contributed by atoms with van der Waals surface area (Å²) in [5.74, 6) is 0.169. The smallest absolute Gasteiger partial charge is 0.243 e. The monoisotopic (exact) mass is 401 g/mol. The molecule has 1 amide bonds. The minimum atomic E-state index is -3.36. The molecule has 2 saturated heterocycles. The van der Waals surface area contributed by atoms with Gasteiger partial charge in [-0.1, -0.05) is 12.1 Å². The molecule has 0 bridgehead atoms. The van der Waals surface area contributed by atoms with Gasteiger partial charge in [0, 0.05) is 45.2 Å². The first-order valence-corrected chi connectivity index (χ1v) is 10.5. The Balaban J connectivity index is 0.00000243. The molecule has 0 aliphatic carbocycles. The molecule has 2 aliphatic rings. The van der Waals surface area contributed by atoms with E-state index in [1.165, 1.54) is 0 Å². The topological polar surface area (TPSA) is 69.7 Å². The Labute approximate surface area is 162 Å². The number of aryl methyl sites for hydroxylation is 1. The van der Waals surface area contributed by atoms with Gasteiger partial charge in [-0.15, -0.1) is 12.4 Å². The molecule has 0 radical (unpaired) electrons. The highest BCUT2D eigenvalue weighted by molar-refractivity contribution is 7.89. The Kier molecular flexibility index (Phi) is 7.46. The summed E-state index contributed by atoms with van der Waals surface area (Å²) in [4.78, 5) is 14.6. The molecular weight excluding hydrogens is 374 g/mol. The molecule has 3 rings (SSSR count). The zero-order valence-corrected chi connectivity index (χ0v) is 16.8. The maximum Gasteiger partial charge on any atom is 0.243 e. The number of carbonyl (C=O) groups is 1. The molecule has 2 fully saturated rings. The largest absolute Gasteiger partial charge is 0.340 e. The fraction of sp³-hybridized carbons (Fsp3) is 0.611. The lowest BCUT2D eigenvalue weighted by molar-refractivity contribution is -0.132. The lowest BCUT2D eigenvalue weighted by atomic mass is 10.1. The Morgan fingerprint density at radius 1 is 1.15 bits per heavy atom. The number of sulfonamides is 1. The second kappa shape index (κ2) is 9.17. The summed E-state index contributed by atoms with van der Waals surface area (Å²) in [6, 6.07) is 7.33. The van der Waals surface area contributed by atoms with Crippen molar-refractivity contribution in [3.05, 3.63) is 29.8 Å². The van der Waals surface area contributed by atoms with Gasteiger partial charge in [0.1, 0.15) is 0 Å². The number of benzene rings is 1. The predicted octanol–water partition coefficient (Wildman–Crippen LogP) is 1.65. The molecule has 0 spiro atoms. The van der Waals surface area contributed by atoms with Crippen molar-refractivity contribution in [3.63, 3.8) is 0 Å². The Morgan fingerprint density at radius 3 is 2.42 bits per heavy atom. The molecular formula is C18H28ClN3O3S. The summed E-state index contributed by atoms with van der Waals surface area (Å²) in [5, 5.41) is 3.33. The Bertz CT molecular complexity index is 703. The van der Waals surface area contributed by atoms with Crippen LogP contribution in [0.25, 0.3) is 0 Å². The van der Waals surface area contributed by atoms with Gasteiger partial charge in [-0.3, -0.25) is 4.79 Å². The Hall–Kier alpha value is -1.15. The molecule has 26 heavy (non-hydrogen) atoms. The molecule has 146 valence electrons. The van der Waals surface area contributed by atoms with E-state index in [2.05, 4.69) is 12.2 Å². The van der Waals surface area contributed by atoms with E-state index in [4.69, 9.17) is 0 Å². The predicted molar refractivity (Wildman–Crippen MR) is 104 cm³/mol. The van der Waals surface area contributed by atoms with Crippen LogP contribution in [0.3, 0.4) is 0 Å². The first-order chi connectivity index (χ1) is 12.0.